The highest BCUT2D eigenvalue weighted by molar-refractivity contribution is 5.79. The average Bonchev–Trinajstić information content (AvgIpc) is 3.32. The van der Waals surface area contributed by atoms with Crippen LogP contribution in [-0.4, -0.2) is 38.8 Å². The lowest BCUT2D eigenvalue weighted by molar-refractivity contribution is 0.131. The smallest absolute Gasteiger partial charge is 0.191 e. The van der Waals surface area contributed by atoms with Gasteiger partial charge in [-0.15, -0.1) is 0 Å². The molecule has 120 valence electrons. The molecule has 4 nitrogen and oxygen atoms in total. The fraction of sp³-hybridized carbons (Fsp3) is 0.824. The molecule has 2 aliphatic rings. The molecule has 21 heavy (non-hydrogen) atoms. The number of nitrogens with zero attached hydrogens (tertiary/aromatic N) is 1. The van der Waals surface area contributed by atoms with Crippen molar-refractivity contribution in [3.05, 3.63) is 11.6 Å². The van der Waals surface area contributed by atoms with Crippen molar-refractivity contribution in [1.82, 2.24) is 10.6 Å². The summed E-state index contributed by atoms with van der Waals surface area (Å²) in [5.74, 6) is 1.76. The van der Waals surface area contributed by atoms with E-state index < -0.39 is 0 Å². The van der Waals surface area contributed by atoms with Gasteiger partial charge in [-0.3, -0.25) is 4.99 Å². The van der Waals surface area contributed by atoms with E-state index in [4.69, 9.17) is 4.74 Å². The average molecular weight is 293 g/mol. The summed E-state index contributed by atoms with van der Waals surface area (Å²) in [4.78, 5) is 4.56. The van der Waals surface area contributed by atoms with Gasteiger partial charge in [0.05, 0.1) is 13.2 Å². The van der Waals surface area contributed by atoms with Gasteiger partial charge in [0.1, 0.15) is 0 Å². The maximum Gasteiger partial charge on any atom is 0.191 e. The largest absolute Gasteiger partial charge is 0.379 e. The molecular formula is C17H31N3O. The summed E-state index contributed by atoms with van der Waals surface area (Å²) in [5.41, 5.74) is 1.61. The second-order valence-electron chi connectivity index (χ2n) is 6.06. The van der Waals surface area contributed by atoms with Crippen LogP contribution in [0.4, 0.5) is 0 Å². The van der Waals surface area contributed by atoms with E-state index in [1.807, 2.05) is 0 Å². The third-order valence-corrected chi connectivity index (χ3v) is 4.02. The summed E-state index contributed by atoms with van der Waals surface area (Å²) in [6.07, 6.45) is 11.5. The van der Waals surface area contributed by atoms with E-state index in [2.05, 4.69) is 28.6 Å². The third-order valence-electron chi connectivity index (χ3n) is 4.02. The second-order valence-corrected chi connectivity index (χ2v) is 6.06. The Bertz CT molecular complexity index is 348. The van der Waals surface area contributed by atoms with Crippen LogP contribution in [0, 0.1) is 5.92 Å². The minimum atomic E-state index is 0.734. The van der Waals surface area contributed by atoms with Gasteiger partial charge in [0.25, 0.3) is 0 Å². The molecule has 0 aromatic carbocycles. The molecule has 0 aromatic rings. The molecular weight excluding hydrogens is 262 g/mol. The molecule has 0 bridgehead atoms. The Hall–Kier alpha value is -1.03. The normalized spacial score (nSPS) is 19.3. The lowest BCUT2D eigenvalue weighted by Crippen LogP contribution is -2.38. The molecule has 0 unspecified atom stereocenters. The molecule has 2 rings (SSSR count). The Morgan fingerprint density at radius 3 is 2.95 bits per heavy atom. The number of aliphatic imine (C=N–C) groups is 1. The molecule has 0 aromatic heterocycles. The van der Waals surface area contributed by atoms with E-state index >= 15 is 0 Å². The molecule has 0 amide bonds. The lowest BCUT2D eigenvalue weighted by atomic mass is 9.97. The molecule has 0 aliphatic heterocycles. The second kappa shape index (κ2) is 9.82. The van der Waals surface area contributed by atoms with E-state index in [1.165, 1.54) is 38.5 Å². The lowest BCUT2D eigenvalue weighted by Gasteiger charge is -2.15. The van der Waals surface area contributed by atoms with Gasteiger partial charge in [-0.2, -0.15) is 0 Å². The number of allylic oxidation sites excluding steroid dienone is 1. The predicted molar refractivity (Wildman–Crippen MR) is 88.7 cm³/mol. The van der Waals surface area contributed by atoms with Gasteiger partial charge in [0.15, 0.2) is 5.96 Å². The number of rotatable bonds is 9. The molecule has 0 heterocycles. The van der Waals surface area contributed by atoms with Crippen molar-refractivity contribution in [2.24, 2.45) is 10.9 Å². The monoisotopic (exact) mass is 293 g/mol. The SMILES string of the molecule is CCNC(=NCCOCC1CC1)NCCC1=CCCCC1. The maximum atomic E-state index is 5.61. The van der Waals surface area contributed by atoms with Crippen molar-refractivity contribution in [3.63, 3.8) is 0 Å². The molecule has 2 aliphatic carbocycles. The van der Waals surface area contributed by atoms with Crippen LogP contribution in [0.15, 0.2) is 16.6 Å². The number of guanidine groups is 1. The summed E-state index contributed by atoms with van der Waals surface area (Å²) in [6.45, 7) is 6.37. The van der Waals surface area contributed by atoms with Gasteiger partial charge < -0.3 is 15.4 Å². The zero-order chi connectivity index (χ0) is 14.8. The molecule has 1 saturated carbocycles. The van der Waals surface area contributed by atoms with Gasteiger partial charge >= 0.3 is 0 Å². The minimum absolute atomic E-state index is 0.734. The molecule has 4 heteroatoms. The third kappa shape index (κ3) is 7.51. The highest BCUT2D eigenvalue weighted by Gasteiger charge is 2.20. The van der Waals surface area contributed by atoms with Gasteiger partial charge in [-0.25, -0.2) is 0 Å². The highest BCUT2D eigenvalue weighted by atomic mass is 16.5. The molecule has 0 atom stereocenters. The van der Waals surface area contributed by atoms with E-state index in [0.29, 0.717) is 0 Å². The zero-order valence-corrected chi connectivity index (χ0v) is 13.5. The van der Waals surface area contributed by atoms with Crippen LogP contribution in [0.25, 0.3) is 0 Å². The van der Waals surface area contributed by atoms with Gasteiger partial charge in [0.2, 0.25) is 0 Å². The minimum Gasteiger partial charge on any atom is -0.379 e. The number of hydrogen-bond acceptors (Lipinski definition) is 2. The standard InChI is InChI=1S/C17H31N3O/c1-2-18-17(20-12-13-21-14-16-8-9-16)19-11-10-15-6-4-3-5-7-15/h6,16H,2-5,7-14H2,1H3,(H2,18,19,20). The number of hydrogen-bond donors (Lipinski definition) is 2. The van der Waals surface area contributed by atoms with Gasteiger partial charge in [-0.1, -0.05) is 11.6 Å². The van der Waals surface area contributed by atoms with Crippen LogP contribution in [0.1, 0.15) is 51.9 Å². The summed E-state index contributed by atoms with van der Waals surface area (Å²) in [6, 6.07) is 0. The summed E-state index contributed by atoms with van der Waals surface area (Å²) in [5, 5.41) is 6.72. The number of nitrogens with one attached hydrogen (secondary N) is 2. The van der Waals surface area contributed by atoms with E-state index in [0.717, 1.165) is 51.1 Å². The first-order valence-electron chi connectivity index (χ1n) is 8.66. The van der Waals surface area contributed by atoms with E-state index in [-0.39, 0.29) is 0 Å². The van der Waals surface area contributed by atoms with Crippen LogP contribution in [-0.2, 0) is 4.74 Å². The van der Waals surface area contributed by atoms with E-state index in [1.54, 1.807) is 5.57 Å². The van der Waals surface area contributed by atoms with Gasteiger partial charge in [-0.05, 0) is 57.8 Å². The van der Waals surface area contributed by atoms with Crippen LogP contribution >= 0.6 is 0 Å². The van der Waals surface area contributed by atoms with Crippen LogP contribution in [0.2, 0.25) is 0 Å². The van der Waals surface area contributed by atoms with Crippen molar-refractivity contribution in [3.8, 4) is 0 Å². The van der Waals surface area contributed by atoms with Crippen LogP contribution < -0.4 is 10.6 Å². The summed E-state index contributed by atoms with van der Waals surface area (Å²) < 4.78 is 5.61. The maximum absolute atomic E-state index is 5.61. The topological polar surface area (TPSA) is 45.7 Å². The van der Waals surface area contributed by atoms with Crippen molar-refractivity contribution in [2.45, 2.75) is 51.9 Å². The Morgan fingerprint density at radius 1 is 1.33 bits per heavy atom. The quantitative estimate of drug-likeness (QED) is 0.297. The first-order valence-corrected chi connectivity index (χ1v) is 8.66. The fourth-order valence-corrected chi connectivity index (χ4v) is 2.57. The Labute approximate surface area is 129 Å². The predicted octanol–water partition coefficient (Wildman–Crippen LogP) is 2.86. The Morgan fingerprint density at radius 2 is 2.24 bits per heavy atom. The van der Waals surface area contributed by atoms with Crippen molar-refractivity contribution >= 4 is 5.96 Å². The zero-order valence-electron chi connectivity index (χ0n) is 13.5. The first-order chi connectivity index (χ1) is 10.4. The van der Waals surface area contributed by atoms with E-state index in [9.17, 15) is 0 Å². The molecule has 1 fully saturated rings. The summed E-state index contributed by atoms with van der Waals surface area (Å²) in [7, 11) is 0. The van der Waals surface area contributed by atoms with Crippen LogP contribution in [0.3, 0.4) is 0 Å². The van der Waals surface area contributed by atoms with Crippen molar-refractivity contribution in [2.75, 3.05) is 32.8 Å². The molecule has 0 saturated heterocycles. The Kier molecular flexibility index (Phi) is 7.65. The van der Waals surface area contributed by atoms with Crippen molar-refractivity contribution in [1.29, 1.82) is 0 Å². The molecule has 0 spiro atoms. The number of ether oxygens (including phenoxy) is 1. The molecule has 2 N–H and O–H groups in total. The van der Waals surface area contributed by atoms with Crippen LogP contribution in [0.5, 0.6) is 0 Å². The first kappa shape index (κ1) is 16.3. The van der Waals surface area contributed by atoms with Gasteiger partial charge in [0, 0.05) is 19.7 Å². The van der Waals surface area contributed by atoms with Crippen molar-refractivity contribution < 1.29 is 4.74 Å². The molecule has 0 radical (unpaired) electrons. The summed E-state index contributed by atoms with van der Waals surface area (Å²) >= 11 is 0. The fourth-order valence-electron chi connectivity index (χ4n) is 2.57. The highest BCUT2D eigenvalue weighted by Crippen LogP contribution is 2.28. The Balaban J connectivity index is 1.58.